The normalized spacial score (nSPS) is 19.3. The van der Waals surface area contributed by atoms with E-state index in [4.69, 9.17) is 0 Å². The van der Waals surface area contributed by atoms with E-state index < -0.39 is 57.5 Å². The van der Waals surface area contributed by atoms with Crippen LogP contribution in [0.5, 0.6) is 0 Å². The van der Waals surface area contributed by atoms with Gasteiger partial charge in [0, 0.05) is 59.3 Å². The Morgan fingerprint density at radius 1 is 1.05 bits per heavy atom. The molecule has 0 radical (unpaired) electrons. The first-order valence-electron chi connectivity index (χ1n) is 17.8. The third-order valence-electron chi connectivity index (χ3n) is 9.81. The number of hydrogen-bond donors (Lipinski definition) is 3. The Balaban J connectivity index is 1.19. The molecule has 0 spiro atoms. The molecule has 1 aromatic heterocycles. The number of nitrogens with one attached hydrogen (secondary N) is 2. The molecule has 2 aromatic carbocycles. The number of thioether (sulfide) groups is 2. The van der Waals surface area contributed by atoms with Crippen LogP contribution >= 0.6 is 23.5 Å². The maximum absolute atomic E-state index is 14.3. The monoisotopic (exact) mass is 846 g/mol. The zero-order valence-electron chi connectivity index (χ0n) is 31.3. The van der Waals surface area contributed by atoms with Crippen molar-refractivity contribution in [3.63, 3.8) is 0 Å². The summed E-state index contributed by atoms with van der Waals surface area (Å²) in [4.78, 5) is 118. The molecule has 2 fully saturated rings. The lowest BCUT2D eigenvalue weighted by Crippen LogP contribution is -2.85. The highest BCUT2D eigenvalue weighted by molar-refractivity contribution is 8.01. The van der Waals surface area contributed by atoms with Gasteiger partial charge in [-0.2, -0.15) is 0 Å². The maximum Gasteiger partial charge on any atom is 0.352 e. The second kappa shape index (κ2) is 17.4. The van der Waals surface area contributed by atoms with Crippen molar-refractivity contribution >= 4 is 77.5 Å². The summed E-state index contributed by atoms with van der Waals surface area (Å²) in [6.45, 7) is 1.89. The SMILES string of the molecule is CCN1CCN(N(C=O)[C@@H](C(=O)N[C@]2(NC=O)C(=O)N3C(C(=O)O)=C(CSc4cc[n+](N(C)C(=O)c5ccc([N+](=O)[O-])cc5)cc4)CS[C@@H]32)c2ccccc2)C(=O)C1=O. The molecule has 22 heteroatoms. The van der Waals surface area contributed by atoms with Crippen molar-refractivity contribution in [2.24, 2.45) is 0 Å². The number of hydrogen-bond acceptors (Lipinski definition) is 12. The predicted octanol–water partition coefficient (Wildman–Crippen LogP) is 0.000300. The van der Waals surface area contributed by atoms with Gasteiger partial charge in [-0.15, -0.1) is 28.5 Å². The highest BCUT2D eigenvalue weighted by Crippen LogP contribution is 2.46. The summed E-state index contributed by atoms with van der Waals surface area (Å²) in [7, 11) is 1.51. The van der Waals surface area contributed by atoms with Crippen LogP contribution in [0.25, 0.3) is 0 Å². The summed E-state index contributed by atoms with van der Waals surface area (Å²) in [6.07, 6.45) is 3.59. The van der Waals surface area contributed by atoms with Crippen molar-refractivity contribution in [2.45, 2.75) is 28.9 Å². The van der Waals surface area contributed by atoms with Crippen molar-refractivity contribution in [2.75, 3.05) is 43.2 Å². The fraction of sp³-hybridized carbons (Fsp3) is 0.270. The van der Waals surface area contributed by atoms with Gasteiger partial charge in [-0.3, -0.25) is 48.6 Å². The first-order valence-corrected chi connectivity index (χ1v) is 19.8. The molecule has 20 nitrogen and oxygen atoms in total. The molecule has 3 aliphatic heterocycles. The number of hydrazine groups is 1. The summed E-state index contributed by atoms with van der Waals surface area (Å²) in [5, 5.41) is 28.0. The zero-order valence-corrected chi connectivity index (χ0v) is 33.0. The molecule has 0 bridgehead atoms. The number of carbonyl (C=O) groups is 8. The number of aromatic nitrogens is 1. The summed E-state index contributed by atoms with van der Waals surface area (Å²) in [5.41, 5.74) is -1.84. The molecule has 306 valence electrons. The first-order chi connectivity index (χ1) is 28.3. The van der Waals surface area contributed by atoms with Gasteiger partial charge in [0.1, 0.15) is 11.1 Å². The number of β-lactam (4-membered cyclic amide) rings is 1. The molecular formula is C37H36N9O11S2+. The molecule has 0 unspecified atom stereocenters. The van der Waals surface area contributed by atoms with Crippen molar-refractivity contribution in [3.05, 3.63) is 112 Å². The van der Waals surface area contributed by atoms with E-state index in [1.54, 1.807) is 49.6 Å². The largest absolute Gasteiger partial charge is 0.477 e. The Morgan fingerprint density at radius 2 is 1.73 bits per heavy atom. The van der Waals surface area contributed by atoms with E-state index in [1.807, 2.05) is 0 Å². The minimum atomic E-state index is -2.16. The van der Waals surface area contributed by atoms with Crippen LogP contribution in [-0.4, -0.2) is 127 Å². The van der Waals surface area contributed by atoms with Crippen LogP contribution in [0.3, 0.4) is 0 Å². The number of fused-ring (bicyclic) bond motifs is 1. The molecule has 3 aliphatic rings. The van der Waals surface area contributed by atoms with Gasteiger partial charge < -0.3 is 20.6 Å². The van der Waals surface area contributed by atoms with Crippen LogP contribution in [0.4, 0.5) is 5.69 Å². The minimum absolute atomic E-state index is 0.0709. The standard InChI is InChI=1S/C37H35N9O11S2/c1-3-41-17-18-43(33(52)32(41)51)44(22-48)28(23-7-5-4-6-8-23)30(49)39-37(38-21-47)35(55)45-29(34(53)54)25(20-59-36(37)45)19-58-27-13-15-42(16-14-27)40(2)31(50)24-9-11-26(12-10-24)46(56)57/h4-16,21-22,28,36H,3,17-20H2,1-2H3,(H2-,38,39,47,49,53,54)/p+1/t28-,36-,37-/m1/s1. The highest BCUT2D eigenvalue weighted by atomic mass is 32.2. The lowest BCUT2D eigenvalue weighted by molar-refractivity contribution is -0.679. The Bertz CT molecular complexity index is 2250. The number of carbonyl (C=O) groups excluding carboxylic acids is 7. The van der Waals surface area contributed by atoms with Crippen molar-refractivity contribution in [1.29, 1.82) is 0 Å². The van der Waals surface area contributed by atoms with Crippen LogP contribution < -0.4 is 20.3 Å². The number of nitro groups is 1. The number of nitro benzene ring substituents is 1. The molecular weight excluding hydrogens is 811 g/mol. The Morgan fingerprint density at radius 3 is 2.32 bits per heavy atom. The first kappa shape index (κ1) is 41.8. The number of carboxylic acids is 1. The van der Waals surface area contributed by atoms with E-state index in [2.05, 4.69) is 10.6 Å². The number of amides is 7. The molecule has 3 atom stereocenters. The van der Waals surface area contributed by atoms with Crippen LogP contribution in [-0.2, 0) is 33.6 Å². The lowest BCUT2D eigenvalue weighted by Gasteiger charge is -2.56. The Kier molecular flexibility index (Phi) is 12.3. The molecule has 0 saturated carbocycles. The van der Waals surface area contributed by atoms with Gasteiger partial charge in [-0.25, -0.2) is 14.8 Å². The second-order valence-corrected chi connectivity index (χ2v) is 15.2. The average Bonchev–Trinajstić information content (AvgIpc) is 3.25. The average molecular weight is 847 g/mol. The van der Waals surface area contributed by atoms with E-state index >= 15 is 0 Å². The Hall–Kier alpha value is -6.81. The number of pyridine rings is 1. The second-order valence-electron chi connectivity index (χ2n) is 13.1. The number of nitrogens with zero attached hydrogens (tertiary/aromatic N) is 7. The van der Waals surface area contributed by atoms with Gasteiger partial charge in [-0.1, -0.05) is 35.0 Å². The van der Waals surface area contributed by atoms with Crippen LogP contribution in [0.15, 0.2) is 95.3 Å². The van der Waals surface area contributed by atoms with Gasteiger partial charge in [0.25, 0.3) is 17.5 Å². The zero-order chi connectivity index (χ0) is 42.6. The van der Waals surface area contributed by atoms with E-state index in [1.165, 1.54) is 69.8 Å². The van der Waals surface area contributed by atoms with E-state index in [0.29, 0.717) is 10.5 Å². The maximum atomic E-state index is 14.3. The molecule has 2 saturated heterocycles. The fourth-order valence-electron chi connectivity index (χ4n) is 6.76. The fourth-order valence-corrected chi connectivity index (χ4v) is 9.21. The summed E-state index contributed by atoms with van der Waals surface area (Å²) in [6, 6.07) is 14.7. The molecule has 0 aliphatic carbocycles. The molecule has 59 heavy (non-hydrogen) atoms. The van der Waals surface area contributed by atoms with Crippen LogP contribution in [0.2, 0.25) is 0 Å². The number of aliphatic carboxylic acids is 1. The topological polar surface area (TPSA) is 244 Å². The van der Waals surface area contributed by atoms with E-state index in [9.17, 15) is 53.6 Å². The van der Waals surface area contributed by atoms with Gasteiger partial charge in [0.15, 0.2) is 6.04 Å². The lowest BCUT2D eigenvalue weighted by atomic mass is 9.94. The third kappa shape index (κ3) is 7.90. The molecule has 3 N–H and O–H groups in total. The van der Waals surface area contributed by atoms with Crippen LogP contribution in [0.1, 0.15) is 28.9 Å². The summed E-state index contributed by atoms with van der Waals surface area (Å²) in [5.74, 6) is -5.56. The molecule has 4 heterocycles. The third-order valence-corrected chi connectivity index (χ3v) is 12.3. The van der Waals surface area contributed by atoms with Crippen molar-refractivity contribution in [3.8, 4) is 0 Å². The van der Waals surface area contributed by atoms with Gasteiger partial charge in [0.05, 0.1) is 18.5 Å². The number of carboxylic acid groups (broad SMARTS) is 1. The number of piperazine rings is 1. The molecule has 7 amide bonds. The quantitative estimate of drug-likeness (QED) is 0.0252. The minimum Gasteiger partial charge on any atom is -0.477 e. The highest BCUT2D eigenvalue weighted by Gasteiger charge is 2.66. The summed E-state index contributed by atoms with van der Waals surface area (Å²) >= 11 is 2.34. The van der Waals surface area contributed by atoms with Crippen LogP contribution in [0, 0.1) is 10.1 Å². The molecule has 3 aromatic rings. The number of rotatable bonds is 16. The Labute approximate surface area is 343 Å². The predicted molar refractivity (Wildman–Crippen MR) is 208 cm³/mol. The van der Waals surface area contributed by atoms with Crippen molar-refractivity contribution in [1.82, 2.24) is 30.5 Å². The van der Waals surface area contributed by atoms with Gasteiger partial charge in [0.2, 0.25) is 30.9 Å². The van der Waals surface area contributed by atoms with E-state index in [-0.39, 0.29) is 66.5 Å². The number of benzene rings is 2. The van der Waals surface area contributed by atoms with Crippen molar-refractivity contribution < 1.29 is 53.1 Å². The summed E-state index contributed by atoms with van der Waals surface area (Å²) < 4.78 is 1.49. The van der Waals surface area contributed by atoms with E-state index in [0.717, 1.165) is 26.7 Å². The smallest absolute Gasteiger partial charge is 0.352 e. The molecule has 6 rings (SSSR count). The number of non-ortho nitro benzene ring substituents is 1. The van der Waals surface area contributed by atoms with Gasteiger partial charge in [-0.05, 0) is 30.2 Å². The van der Waals surface area contributed by atoms with Gasteiger partial charge >= 0.3 is 23.7 Å². The number of likely N-dealkylation sites (N-methyl/N-ethyl adjacent to an activating group) is 1.